The van der Waals surface area contributed by atoms with Crippen molar-refractivity contribution in [3.05, 3.63) is 5.82 Å². The summed E-state index contributed by atoms with van der Waals surface area (Å²) < 4.78 is 18.5. The van der Waals surface area contributed by atoms with Crippen LogP contribution in [-0.2, 0) is 22.6 Å². The van der Waals surface area contributed by atoms with Gasteiger partial charge in [0.05, 0.1) is 10.8 Å². The van der Waals surface area contributed by atoms with Gasteiger partial charge < -0.3 is 9.30 Å². The fourth-order valence-electron chi connectivity index (χ4n) is 1.89. The van der Waals surface area contributed by atoms with Crippen LogP contribution < -0.4 is 0 Å². The summed E-state index contributed by atoms with van der Waals surface area (Å²) in [4.78, 5) is 0. The van der Waals surface area contributed by atoms with Crippen LogP contribution >= 0.6 is 0 Å². The maximum absolute atomic E-state index is 11.3. The van der Waals surface area contributed by atoms with Crippen LogP contribution in [0.3, 0.4) is 0 Å². The average Bonchev–Trinajstić information content (AvgIpc) is 2.61. The van der Waals surface area contributed by atoms with Gasteiger partial charge >= 0.3 is 0 Å². The van der Waals surface area contributed by atoms with Crippen molar-refractivity contribution in [2.24, 2.45) is 7.05 Å². The minimum atomic E-state index is -1.07. The fourth-order valence-corrected chi connectivity index (χ4v) is 2.52. The van der Waals surface area contributed by atoms with Gasteiger partial charge in [0, 0.05) is 32.4 Å². The van der Waals surface area contributed by atoms with Gasteiger partial charge in [-0.15, -0.1) is 10.2 Å². The van der Waals surface area contributed by atoms with Crippen molar-refractivity contribution in [1.82, 2.24) is 14.8 Å². The first-order chi connectivity index (χ1) is 7.20. The Balaban J connectivity index is 2.24. The van der Waals surface area contributed by atoms with E-state index in [1.54, 1.807) is 6.26 Å². The summed E-state index contributed by atoms with van der Waals surface area (Å²) in [5, 5.41) is 8.64. The maximum atomic E-state index is 11.3. The molecule has 1 aliphatic rings. The van der Waals surface area contributed by atoms with E-state index in [9.17, 15) is 4.21 Å². The lowest BCUT2D eigenvalue weighted by Gasteiger charge is -2.20. The van der Waals surface area contributed by atoms with E-state index in [1.807, 2.05) is 11.6 Å². The summed E-state index contributed by atoms with van der Waals surface area (Å²) in [5.74, 6) is 1.33. The number of hydrogen-bond donors (Lipinski definition) is 0. The third-order valence-corrected chi connectivity index (χ3v) is 3.58. The number of ether oxygens (including phenoxy) is 1. The SMILES string of the molecule is Cn1c(C2CCOCC2)nnc1S(C)=O. The third kappa shape index (κ3) is 2.10. The van der Waals surface area contributed by atoms with E-state index >= 15 is 0 Å². The van der Waals surface area contributed by atoms with Crippen LogP contribution in [0.5, 0.6) is 0 Å². The second-order valence-electron chi connectivity index (χ2n) is 3.74. The van der Waals surface area contributed by atoms with Gasteiger partial charge in [-0.05, 0) is 12.8 Å². The zero-order valence-electron chi connectivity index (χ0n) is 8.97. The van der Waals surface area contributed by atoms with Gasteiger partial charge in [-0.1, -0.05) is 0 Å². The van der Waals surface area contributed by atoms with Gasteiger partial charge in [0.2, 0.25) is 5.16 Å². The molecule has 2 rings (SSSR count). The molecule has 6 heteroatoms. The van der Waals surface area contributed by atoms with Crippen molar-refractivity contribution >= 4 is 10.8 Å². The number of rotatable bonds is 2. The molecule has 15 heavy (non-hydrogen) atoms. The normalized spacial score (nSPS) is 20.4. The summed E-state index contributed by atoms with van der Waals surface area (Å²) in [6.45, 7) is 1.56. The number of nitrogens with zero attached hydrogens (tertiary/aromatic N) is 3. The van der Waals surface area contributed by atoms with E-state index in [4.69, 9.17) is 4.74 Å². The van der Waals surface area contributed by atoms with Crippen molar-refractivity contribution in [3.8, 4) is 0 Å². The first-order valence-electron chi connectivity index (χ1n) is 5.00. The van der Waals surface area contributed by atoms with Gasteiger partial charge in [0.1, 0.15) is 5.82 Å². The Kier molecular flexibility index (Phi) is 3.16. The second-order valence-corrected chi connectivity index (χ2v) is 5.01. The minimum absolute atomic E-state index is 0.397. The molecule has 1 aromatic rings. The van der Waals surface area contributed by atoms with E-state index in [1.165, 1.54) is 0 Å². The van der Waals surface area contributed by atoms with Crippen molar-refractivity contribution in [1.29, 1.82) is 0 Å². The van der Waals surface area contributed by atoms with E-state index < -0.39 is 10.8 Å². The third-order valence-electron chi connectivity index (χ3n) is 2.71. The molecular weight excluding hydrogens is 214 g/mol. The van der Waals surface area contributed by atoms with E-state index in [-0.39, 0.29) is 0 Å². The lowest BCUT2D eigenvalue weighted by molar-refractivity contribution is 0.0828. The molecule has 1 unspecified atom stereocenters. The molecule has 1 saturated heterocycles. The highest BCUT2D eigenvalue weighted by Gasteiger charge is 2.22. The smallest absolute Gasteiger partial charge is 0.221 e. The topological polar surface area (TPSA) is 57.0 Å². The zero-order chi connectivity index (χ0) is 10.8. The highest BCUT2D eigenvalue weighted by atomic mass is 32.2. The van der Waals surface area contributed by atoms with E-state index in [0.717, 1.165) is 31.9 Å². The summed E-state index contributed by atoms with van der Waals surface area (Å²) in [6.07, 6.45) is 3.57. The molecule has 84 valence electrons. The van der Waals surface area contributed by atoms with Crippen LogP contribution in [0.4, 0.5) is 0 Å². The lowest BCUT2D eigenvalue weighted by atomic mass is 10.00. The Labute approximate surface area is 91.3 Å². The highest BCUT2D eigenvalue weighted by molar-refractivity contribution is 7.84. The van der Waals surface area contributed by atoms with Crippen LogP contribution in [0.1, 0.15) is 24.6 Å². The van der Waals surface area contributed by atoms with Crippen LogP contribution in [0.25, 0.3) is 0 Å². The molecule has 0 radical (unpaired) electrons. The Morgan fingerprint density at radius 2 is 2.07 bits per heavy atom. The first-order valence-corrected chi connectivity index (χ1v) is 6.56. The lowest BCUT2D eigenvalue weighted by Crippen LogP contribution is -2.17. The molecule has 0 aliphatic carbocycles. The molecule has 1 aliphatic heterocycles. The van der Waals surface area contributed by atoms with Gasteiger partial charge in [0.25, 0.3) is 0 Å². The van der Waals surface area contributed by atoms with Crippen molar-refractivity contribution in [3.63, 3.8) is 0 Å². The monoisotopic (exact) mass is 229 g/mol. The first kappa shape index (κ1) is 10.8. The minimum Gasteiger partial charge on any atom is -0.381 e. The summed E-state index contributed by atoms with van der Waals surface area (Å²) in [6, 6.07) is 0. The van der Waals surface area contributed by atoms with Crippen molar-refractivity contribution in [2.75, 3.05) is 19.5 Å². The van der Waals surface area contributed by atoms with Crippen molar-refractivity contribution < 1.29 is 8.95 Å². The quantitative estimate of drug-likeness (QED) is 0.738. The Morgan fingerprint density at radius 3 is 2.60 bits per heavy atom. The predicted molar refractivity (Wildman–Crippen MR) is 56.1 cm³/mol. The molecule has 1 aromatic heterocycles. The zero-order valence-corrected chi connectivity index (χ0v) is 9.79. The number of aromatic nitrogens is 3. The second kappa shape index (κ2) is 4.40. The highest BCUT2D eigenvalue weighted by Crippen LogP contribution is 2.25. The van der Waals surface area contributed by atoms with Crippen LogP contribution in [0.2, 0.25) is 0 Å². The number of hydrogen-bond acceptors (Lipinski definition) is 4. The fraction of sp³-hybridized carbons (Fsp3) is 0.778. The summed E-state index contributed by atoms with van der Waals surface area (Å²) in [5.41, 5.74) is 0. The standard InChI is InChI=1S/C9H15N3O2S/c1-12-8(7-3-5-14-6-4-7)10-11-9(12)15(2)13/h7H,3-6H2,1-2H3. The predicted octanol–water partition coefficient (Wildman–Crippen LogP) is 0.447. The molecule has 0 saturated carbocycles. The molecule has 0 bridgehead atoms. The van der Waals surface area contributed by atoms with Gasteiger partial charge in [-0.3, -0.25) is 4.21 Å². The van der Waals surface area contributed by atoms with E-state index in [0.29, 0.717) is 11.1 Å². The molecule has 1 fully saturated rings. The largest absolute Gasteiger partial charge is 0.381 e. The molecule has 2 heterocycles. The molecule has 5 nitrogen and oxygen atoms in total. The van der Waals surface area contributed by atoms with Gasteiger partial charge in [-0.2, -0.15) is 0 Å². The Bertz CT molecular complexity index is 371. The molecule has 1 atom stereocenters. The average molecular weight is 229 g/mol. The Hall–Kier alpha value is -0.750. The van der Waals surface area contributed by atoms with Crippen molar-refractivity contribution in [2.45, 2.75) is 23.9 Å². The molecule has 0 amide bonds. The Morgan fingerprint density at radius 1 is 1.40 bits per heavy atom. The van der Waals surface area contributed by atoms with Crippen LogP contribution in [-0.4, -0.2) is 38.4 Å². The molecule has 0 spiro atoms. The van der Waals surface area contributed by atoms with Crippen LogP contribution in [0, 0.1) is 0 Å². The molecular formula is C9H15N3O2S. The van der Waals surface area contributed by atoms with E-state index in [2.05, 4.69) is 10.2 Å². The van der Waals surface area contributed by atoms with Crippen LogP contribution in [0.15, 0.2) is 5.16 Å². The maximum Gasteiger partial charge on any atom is 0.221 e. The summed E-state index contributed by atoms with van der Waals surface area (Å²) in [7, 11) is 0.810. The molecule has 0 aromatic carbocycles. The summed E-state index contributed by atoms with van der Waals surface area (Å²) >= 11 is 0. The van der Waals surface area contributed by atoms with Gasteiger partial charge in [-0.25, -0.2) is 0 Å². The molecule has 0 N–H and O–H groups in total. The van der Waals surface area contributed by atoms with Gasteiger partial charge in [0.15, 0.2) is 0 Å².